The van der Waals surface area contributed by atoms with Crippen molar-refractivity contribution in [3.8, 4) is 0 Å². The van der Waals surface area contributed by atoms with Gasteiger partial charge >= 0.3 is 0 Å². The SMILES string of the molecule is CCCNCC1CCCc2sc(C3CSCCN3C)nc21. The Balaban J connectivity index is 1.74. The Labute approximate surface area is 136 Å². The lowest BCUT2D eigenvalue weighted by Gasteiger charge is -2.30. The predicted molar refractivity (Wildman–Crippen MR) is 93.6 cm³/mol. The number of hydrogen-bond donors (Lipinski definition) is 1. The fraction of sp³-hybridized carbons (Fsp3) is 0.812. The van der Waals surface area contributed by atoms with Gasteiger partial charge in [-0.1, -0.05) is 6.92 Å². The quantitative estimate of drug-likeness (QED) is 0.841. The second-order valence-electron chi connectivity index (χ2n) is 6.23. The van der Waals surface area contributed by atoms with Gasteiger partial charge in [0.2, 0.25) is 0 Å². The smallest absolute Gasteiger partial charge is 0.111 e. The molecule has 0 aromatic carbocycles. The minimum Gasteiger partial charge on any atom is -0.316 e. The molecule has 5 heteroatoms. The van der Waals surface area contributed by atoms with Crippen molar-refractivity contribution in [2.45, 2.75) is 44.6 Å². The number of rotatable bonds is 5. The summed E-state index contributed by atoms with van der Waals surface area (Å²) in [5.41, 5.74) is 1.42. The zero-order valence-corrected chi connectivity index (χ0v) is 14.9. The molecule has 2 atom stereocenters. The Hall–Kier alpha value is -0.100. The van der Waals surface area contributed by atoms with Crippen LogP contribution >= 0.6 is 23.1 Å². The normalized spacial score (nSPS) is 26.8. The lowest BCUT2D eigenvalue weighted by atomic mass is 9.91. The van der Waals surface area contributed by atoms with Gasteiger partial charge in [0.1, 0.15) is 5.01 Å². The van der Waals surface area contributed by atoms with Gasteiger partial charge in [-0.05, 0) is 39.3 Å². The fourth-order valence-corrected chi connectivity index (χ4v) is 5.95. The van der Waals surface area contributed by atoms with Crippen molar-refractivity contribution in [2.24, 2.45) is 0 Å². The standard InChI is InChI=1S/C16H27N3S2/c1-3-7-17-10-12-5-4-6-14-15(12)18-16(21-14)13-11-20-9-8-19(13)2/h12-13,17H,3-11H2,1-2H3. The zero-order chi connectivity index (χ0) is 14.7. The van der Waals surface area contributed by atoms with E-state index in [1.807, 2.05) is 11.3 Å². The summed E-state index contributed by atoms with van der Waals surface area (Å²) in [7, 11) is 2.26. The molecule has 1 aromatic heterocycles. The highest BCUT2D eigenvalue weighted by Gasteiger charge is 2.29. The first-order chi connectivity index (χ1) is 10.3. The number of thiazole rings is 1. The van der Waals surface area contributed by atoms with Crippen LogP contribution in [0.1, 0.15) is 53.7 Å². The molecular formula is C16H27N3S2. The van der Waals surface area contributed by atoms with E-state index in [-0.39, 0.29) is 0 Å². The minimum atomic E-state index is 0.545. The van der Waals surface area contributed by atoms with Crippen LogP contribution in [0, 0.1) is 0 Å². The number of fused-ring (bicyclic) bond motifs is 1. The van der Waals surface area contributed by atoms with Crippen molar-refractivity contribution in [1.82, 2.24) is 15.2 Å². The highest BCUT2D eigenvalue weighted by atomic mass is 32.2. The molecule has 0 bridgehead atoms. The first-order valence-corrected chi connectivity index (χ1v) is 10.2. The van der Waals surface area contributed by atoms with Crippen molar-refractivity contribution < 1.29 is 0 Å². The van der Waals surface area contributed by atoms with E-state index in [4.69, 9.17) is 4.98 Å². The van der Waals surface area contributed by atoms with Crippen LogP contribution in [0.25, 0.3) is 0 Å². The van der Waals surface area contributed by atoms with E-state index < -0.39 is 0 Å². The van der Waals surface area contributed by atoms with Gasteiger partial charge in [0.15, 0.2) is 0 Å². The van der Waals surface area contributed by atoms with Gasteiger partial charge in [-0.3, -0.25) is 4.90 Å². The van der Waals surface area contributed by atoms with Gasteiger partial charge in [-0.25, -0.2) is 4.98 Å². The lowest BCUT2D eigenvalue weighted by Crippen LogP contribution is -2.32. The van der Waals surface area contributed by atoms with E-state index in [0.29, 0.717) is 12.0 Å². The Morgan fingerprint density at radius 3 is 3.14 bits per heavy atom. The van der Waals surface area contributed by atoms with Crippen molar-refractivity contribution in [3.63, 3.8) is 0 Å². The number of aromatic nitrogens is 1. The van der Waals surface area contributed by atoms with Crippen molar-refractivity contribution in [1.29, 1.82) is 0 Å². The molecule has 0 saturated carbocycles. The molecule has 2 aliphatic rings. The van der Waals surface area contributed by atoms with Crippen molar-refractivity contribution >= 4 is 23.1 Å². The summed E-state index contributed by atoms with van der Waals surface area (Å²) in [5.74, 6) is 3.12. The number of aryl methyl sites for hydroxylation is 1. The molecule has 2 unspecified atom stereocenters. The van der Waals surface area contributed by atoms with Gasteiger partial charge < -0.3 is 5.32 Å². The summed E-state index contributed by atoms with van der Waals surface area (Å²) in [5, 5.41) is 4.97. The van der Waals surface area contributed by atoms with Crippen LogP contribution in [0.15, 0.2) is 0 Å². The molecule has 21 heavy (non-hydrogen) atoms. The Kier molecular flexibility index (Phi) is 5.60. The molecule has 1 saturated heterocycles. The average Bonchev–Trinajstić information content (AvgIpc) is 2.92. The van der Waals surface area contributed by atoms with E-state index >= 15 is 0 Å². The highest BCUT2D eigenvalue weighted by Crippen LogP contribution is 2.38. The van der Waals surface area contributed by atoms with Gasteiger partial charge in [0, 0.05) is 35.4 Å². The molecule has 1 aliphatic heterocycles. The molecule has 0 amide bonds. The molecule has 118 valence electrons. The molecule has 0 spiro atoms. The largest absolute Gasteiger partial charge is 0.316 e. The molecule has 0 radical (unpaired) electrons. The van der Waals surface area contributed by atoms with Gasteiger partial charge in [-0.2, -0.15) is 11.8 Å². The van der Waals surface area contributed by atoms with Crippen LogP contribution in [0.3, 0.4) is 0 Å². The fourth-order valence-electron chi connectivity index (χ4n) is 3.27. The van der Waals surface area contributed by atoms with Crippen LogP contribution in [0.4, 0.5) is 0 Å². The topological polar surface area (TPSA) is 28.2 Å². The van der Waals surface area contributed by atoms with Gasteiger partial charge in [-0.15, -0.1) is 11.3 Å². The van der Waals surface area contributed by atoms with Crippen LogP contribution in [0.5, 0.6) is 0 Å². The van der Waals surface area contributed by atoms with Crippen LogP contribution in [-0.4, -0.2) is 48.1 Å². The summed E-state index contributed by atoms with van der Waals surface area (Å²) in [6.45, 7) is 5.67. The molecule has 1 aromatic rings. The van der Waals surface area contributed by atoms with Gasteiger partial charge in [0.05, 0.1) is 11.7 Å². The Morgan fingerprint density at radius 1 is 1.43 bits per heavy atom. The summed E-state index contributed by atoms with van der Waals surface area (Å²) >= 11 is 4.07. The molecule has 1 N–H and O–H groups in total. The number of nitrogens with one attached hydrogen (secondary N) is 1. The summed E-state index contributed by atoms with van der Waals surface area (Å²) in [6.07, 6.45) is 5.11. The molecule has 1 aliphatic carbocycles. The van der Waals surface area contributed by atoms with Crippen molar-refractivity contribution in [2.75, 3.05) is 38.2 Å². The Bertz CT molecular complexity index is 460. The molecule has 3 rings (SSSR count). The van der Waals surface area contributed by atoms with E-state index in [9.17, 15) is 0 Å². The number of thioether (sulfide) groups is 1. The van der Waals surface area contributed by atoms with Crippen molar-refractivity contribution in [3.05, 3.63) is 15.6 Å². The minimum absolute atomic E-state index is 0.545. The molecule has 3 nitrogen and oxygen atoms in total. The maximum absolute atomic E-state index is 5.11. The second-order valence-corrected chi connectivity index (χ2v) is 8.49. The van der Waals surface area contributed by atoms with Gasteiger partial charge in [0.25, 0.3) is 0 Å². The second kappa shape index (κ2) is 7.44. The zero-order valence-electron chi connectivity index (χ0n) is 13.2. The third-order valence-corrected chi connectivity index (χ3v) is 6.84. The first-order valence-electron chi connectivity index (χ1n) is 8.27. The molecule has 2 heterocycles. The van der Waals surface area contributed by atoms with E-state index in [0.717, 1.165) is 13.1 Å². The number of nitrogens with zero attached hydrogens (tertiary/aromatic N) is 2. The molecule has 1 fully saturated rings. The van der Waals surface area contributed by atoms with Crippen LogP contribution < -0.4 is 5.32 Å². The predicted octanol–water partition coefficient (Wildman–Crippen LogP) is 3.28. The maximum Gasteiger partial charge on any atom is 0.111 e. The van der Waals surface area contributed by atoms with E-state index in [1.54, 1.807) is 4.88 Å². The highest BCUT2D eigenvalue weighted by molar-refractivity contribution is 7.99. The maximum atomic E-state index is 5.11. The van der Waals surface area contributed by atoms with Crippen LogP contribution in [0.2, 0.25) is 0 Å². The summed E-state index contributed by atoms with van der Waals surface area (Å²) in [4.78, 5) is 9.17. The van der Waals surface area contributed by atoms with E-state index in [1.165, 1.54) is 54.4 Å². The number of hydrogen-bond acceptors (Lipinski definition) is 5. The molecular weight excluding hydrogens is 298 g/mol. The van der Waals surface area contributed by atoms with E-state index in [2.05, 4.69) is 35.9 Å². The lowest BCUT2D eigenvalue weighted by molar-refractivity contribution is 0.273. The summed E-state index contributed by atoms with van der Waals surface area (Å²) < 4.78 is 0. The summed E-state index contributed by atoms with van der Waals surface area (Å²) in [6, 6.07) is 0.545. The third kappa shape index (κ3) is 3.63. The monoisotopic (exact) mass is 325 g/mol. The Morgan fingerprint density at radius 2 is 2.33 bits per heavy atom. The first kappa shape index (κ1) is 15.8. The average molecular weight is 326 g/mol. The third-order valence-electron chi connectivity index (χ3n) is 4.59. The van der Waals surface area contributed by atoms with Crippen LogP contribution in [-0.2, 0) is 6.42 Å².